The molecule has 1 fully saturated rings. The van der Waals surface area contributed by atoms with Crippen molar-refractivity contribution in [3.05, 3.63) is 0 Å². The van der Waals surface area contributed by atoms with E-state index in [1.807, 2.05) is 27.9 Å². The maximum atomic E-state index is 12.4. The molecule has 0 bridgehead atoms. The lowest BCUT2D eigenvalue weighted by Gasteiger charge is -2.28. The van der Waals surface area contributed by atoms with Crippen LogP contribution >= 0.6 is 0 Å². The summed E-state index contributed by atoms with van der Waals surface area (Å²) in [4.78, 5) is 28.0. The number of imide groups is 1. The highest BCUT2D eigenvalue weighted by Crippen LogP contribution is 2.19. The molecule has 0 saturated carbocycles. The van der Waals surface area contributed by atoms with Gasteiger partial charge in [-0.05, 0) is 33.4 Å². The minimum Gasteiger partial charge on any atom is -0.308 e. The molecule has 20 heavy (non-hydrogen) atoms. The average Bonchev–Trinajstić information content (AvgIpc) is 2.62. The van der Waals surface area contributed by atoms with Crippen LogP contribution in [0.5, 0.6) is 0 Å². The minimum atomic E-state index is -0.358. The first-order valence-electron chi connectivity index (χ1n) is 7.54. The Bertz CT molecular complexity index is 355. The van der Waals surface area contributed by atoms with E-state index in [-0.39, 0.29) is 29.9 Å². The second kappa shape index (κ2) is 7.18. The predicted octanol–water partition coefficient (Wildman–Crippen LogP) is 1.09. The van der Waals surface area contributed by atoms with E-state index >= 15 is 0 Å². The first-order valence-corrected chi connectivity index (χ1v) is 7.54. The van der Waals surface area contributed by atoms with Gasteiger partial charge in [-0.1, -0.05) is 20.8 Å². The van der Waals surface area contributed by atoms with Gasteiger partial charge in [0.25, 0.3) is 0 Å². The third-order valence-corrected chi connectivity index (χ3v) is 4.00. The van der Waals surface area contributed by atoms with Crippen LogP contribution < -0.4 is 5.32 Å². The first kappa shape index (κ1) is 17.1. The van der Waals surface area contributed by atoms with Gasteiger partial charge in [-0.3, -0.25) is 14.5 Å². The maximum Gasteiger partial charge on any atom is 0.247 e. The topological polar surface area (TPSA) is 52.7 Å². The zero-order valence-corrected chi connectivity index (χ0v) is 13.6. The van der Waals surface area contributed by atoms with Gasteiger partial charge in [0.15, 0.2) is 0 Å². The molecule has 3 unspecified atom stereocenters. The zero-order valence-electron chi connectivity index (χ0n) is 13.6. The number of likely N-dealkylation sites (tertiary alicyclic amines) is 1. The third-order valence-electron chi connectivity index (χ3n) is 4.00. The molecule has 0 aromatic carbocycles. The van der Waals surface area contributed by atoms with Crippen molar-refractivity contribution in [2.75, 3.05) is 20.6 Å². The van der Waals surface area contributed by atoms with Crippen molar-refractivity contribution >= 4 is 11.8 Å². The third kappa shape index (κ3) is 4.03. The number of rotatable bonds is 7. The number of likely N-dealkylation sites (N-methyl/N-ethyl adjacent to an activating group) is 1. The quantitative estimate of drug-likeness (QED) is 0.711. The molecule has 2 amide bonds. The van der Waals surface area contributed by atoms with Crippen LogP contribution in [0.3, 0.4) is 0 Å². The summed E-state index contributed by atoms with van der Waals surface area (Å²) in [5.74, 6) is 0.306. The van der Waals surface area contributed by atoms with Gasteiger partial charge in [-0.25, -0.2) is 0 Å². The minimum absolute atomic E-state index is 0.00634. The van der Waals surface area contributed by atoms with Crippen molar-refractivity contribution in [1.82, 2.24) is 15.1 Å². The lowest BCUT2D eigenvalue weighted by atomic mass is 10.0. The molecule has 1 aliphatic heterocycles. The van der Waals surface area contributed by atoms with Gasteiger partial charge >= 0.3 is 0 Å². The number of carbonyl (C=O) groups excluding carboxylic acids is 2. The molecule has 116 valence electrons. The van der Waals surface area contributed by atoms with Crippen LogP contribution in [0.1, 0.15) is 40.5 Å². The lowest BCUT2D eigenvalue weighted by Crippen LogP contribution is -2.50. The van der Waals surface area contributed by atoms with Crippen molar-refractivity contribution in [2.45, 2.75) is 58.7 Å². The van der Waals surface area contributed by atoms with E-state index in [9.17, 15) is 9.59 Å². The summed E-state index contributed by atoms with van der Waals surface area (Å²) in [6.07, 6.45) is 1.09. The standard InChI is InChI=1S/C15H29N3O2/c1-7-11(4)18-14(19)8-12(15(18)20)16-13(10(2)3)9-17(5)6/h10-13,16H,7-9H2,1-6H3. The van der Waals surface area contributed by atoms with E-state index in [0.717, 1.165) is 13.0 Å². The lowest BCUT2D eigenvalue weighted by molar-refractivity contribution is -0.141. The molecule has 0 radical (unpaired) electrons. The van der Waals surface area contributed by atoms with Gasteiger partial charge in [0.05, 0.1) is 12.5 Å². The van der Waals surface area contributed by atoms with E-state index < -0.39 is 0 Å². The number of amides is 2. The Morgan fingerprint density at radius 3 is 2.35 bits per heavy atom. The molecule has 5 heteroatoms. The Morgan fingerprint density at radius 1 is 1.30 bits per heavy atom. The summed E-state index contributed by atoms with van der Waals surface area (Å²) in [6, 6.07) is -0.152. The molecule has 0 aromatic rings. The van der Waals surface area contributed by atoms with Crippen LogP contribution in [-0.4, -0.2) is 60.4 Å². The van der Waals surface area contributed by atoms with Gasteiger partial charge in [-0.15, -0.1) is 0 Å². The van der Waals surface area contributed by atoms with Crippen LogP contribution in [0.4, 0.5) is 0 Å². The second-order valence-corrected chi connectivity index (χ2v) is 6.40. The molecule has 1 heterocycles. The molecule has 0 spiro atoms. The fourth-order valence-electron chi connectivity index (χ4n) is 2.53. The molecular formula is C15H29N3O2. The Hall–Kier alpha value is -0.940. The van der Waals surface area contributed by atoms with Crippen molar-refractivity contribution in [3.63, 3.8) is 0 Å². The maximum absolute atomic E-state index is 12.4. The van der Waals surface area contributed by atoms with Gasteiger partial charge in [0.2, 0.25) is 11.8 Å². The Balaban J connectivity index is 2.73. The molecular weight excluding hydrogens is 254 g/mol. The van der Waals surface area contributed by atoms with Crippen LogP contribution in [0.25, 0.3) is 0 Å². The van der Waals surface area contributed by atoms with E-state index in [0.29, 0.717) is 12.3 Å². The molecule has 1 N–H and O–H groups in total. The molecule has 5 nitrogen and oxygen atoms in total. The number of hydrogen-bond donors (Lipinski definition) is 1. The van der Waals surface area contributed by atoms with Crippen molar-refractivity contribution in [2.24, 2.45) is 5.92 Å². The monoisotopic (exact) mass is 283 g/mol. The summed E-state index contributed by atoms with van der Waals surface area (Å²) in [5, 5.41) is 3.38. The highest BCUT2D eigenvalue weighted by molar-refractivity contribution is 6.05. The summed E-state index contributed by atoms with van der Waals surface area (Å²) in [6.45, 7) is 9.05. The highest BCUT2D eigenvalue weighted by Gasteiger charge is 2.41. The van der Waals surface area contributed by atoms with E-state index in [4.69, 9.17) is 0 Å². The van der Waals surface area contributed by atoms with E-state index in [1.54, 1.807) is 0 Å². The average molecular weight is 283 g/mol. The molecule has 0 aromatic heterocycles. The number of nitrogens with zero attached hydrogens (tertiary/aromatic N) is 2. The number of hydrogen-bond acceptors (Lipinski definition) is 4. The van der Waals surface area contributed by atoms with Crippen LogP contribution in [0, 0.1) is 5.92 Å². The van der Waals surface area contributed by atoms with Crippen LogP contribution in [0.15, 0.2) is 0 Å². The summed E-state index contributed by atoms with van der Waals surface area (Å²) in [5.41, 5.74) is 0. The molecule has 0 aliphatic carbocycles. The zero-order chi connectivity index (χ0) is 15.4. The Labute approximate surface area is 122 Å². The Morgan fingerprint density at radius 2 is 1.90 bits per heavy atom. The molecule has 1 saturated heterocycles. The van der Waals surface area contributed by atoms with Crippen molar-refractivity contribution < 1.29 is 9.59 Å². The number of carbonyl (C=O) groups is 2. The molecule has 1 rings (SSSR count). The highest BCUT2D eigenvalue weighted by atomic mass is 16.2. The SMILES string of the molecule is CCC(C)N1C(=O)CC(NC(CN(C)C)C(C)C)C1=O. The second-order valence-electron chi connectivity index (χ2n) is 6.40. The van der Waals surface area contributed by atoms with Gasteiger partial charge < -0.3 is 10.2 Å². The van der Waals surface area contributed by atoms with Crippen molar-refractivity contribution in [1.29, 1.82) is 0 Å². The van der Waals surface area contributed by atoms with Crippen LogP contribution in [0.2, 0.25) is 0 Å². The smallest absolute Gasteiger partial charge is 0.247 e. The molecule has 3 atom stereocenters. The van der Waals surface area contributed by atoms with Gasteiger partial charge in [-0.2, -0.15) is 0 Å². The molecule has 1 aliphatic rings. The van der Waals surface area contributed by atoms with E-state index in [1.165, 1.54) is 4.90 Å². The summed E-state index contributed by atoms with van der Waals surface area (Å²) in [7, 11) is 4.04. The van der Waals surface area contributed by atoms with Gasteiger partial charge in [0, 0.05) is 18.6 Å². The summed E-state index contributed by atoms with van der Waals surface area (Å²) >= 11 is 0. The first-order chi connectivity index (χ1) is 9.27. The largest absolute Gasteiger partial charge is 0.308 e. The fraction of sp³-hybridized carbons (Fsp3) is 0.867. The van der Waals surface area contributed by atoms with E-state index in [2.05, 4.69) is 24.1 Å². The Kier molecular flexibility index (Phi) is 6.14. The van der Waals surface area contributed by atoms with Crippen LogP contribution in [-0.2, 0) is 9.59 Å². The predicted molar refractivity (Wildman–Crippen MR) is 80.3 cm³/mol. The normalized spacial score (nSPS) is 23.0. The number of nitrogens with one attached hydrogen (secondary N) is 1. The summed E-state index contributed by atoms with van der Waals surface area (Å²) < 4.78 is 0. The fourth-order valence-corrected chi connectivity index (χ4v) is 2.53. The van der Waals surface area contributed by atoms with Crippen molar-refractivity contribution in [3.8, 4) is 0 Å². The van der Waals surface area contributed by atoms with Gasteiger partial charge in [0.1, 0.15) is 0 Å².